The lowest BCUT2D eigenvalue weighted by Gasteiger charge is -2.13. The van der Waals surface area contributed by atoms with Gasteiger partial charge in [-0.1, -0.05) is 33.6 Å². The lowest BCUT2D eigenvalue weighted by molar-refractivity contribution is 0.473. The molecule has 0 saturated heterocycles. The van der Waals surface area contributed by atoms with Gasteiger partial charge in [0.1, 0.15) is 0 Å². The SMILES string of the molecule is CCCCCNC(CC)CC. The van der Waals surface area contributed by atoms with E-state index < -0.39 is 0 Å². The van der Waals surface area contributed by atoms with Crippen molar-refractivity contribution in [2.24, 2.45) is 0 Å². The Hall–Kier alpha value is -0.0400. The summed E-state index contributed by atoms with van der Waals surface area (Å²) in [5.74, 6) is 0. The Morgan fingerprint density at radius 2 is 1.64 bits per heavy atom. The second-order valence-corrected chi connectivity index (χ2v) is 3.17. The van der Waals surface area contributed by atoms with E-state index in [1.807, 2.05) is 0 Å². The third-order valence-electron chi connectivity index (χ3n) is 2.20. The van der Waals surface area contributed by atoms with Gasteiger partial charge in [0.25, 0.3) is 0 Å². The van der Waals surface area contributed by atoms with Crippen molar-refractivity contribution in [2.75, 3.05) is 6.54 Å². The number of hydrogen-bond donors (Lipinski definition) is 1. The second-order valence-electron chi connectivity index (χ2n) is 3.17. The maximum absolute atomic E-state index is 3.55. The minimum atomic E-state index is 0.756. The van der Waals surface area contributed by atoms with E-state index in [0.29, 0.717) is 0 Å². The lowest BCUT2D eigenvalue weighted by Crippen LogP contribution is -2.28. The van der Waals surface area contributed by atoms with Crippen LogP contribution in [0.25, 0.3) is 0 Å². The summed E-state index contributed by atoms with van der Waals surface area (Å²) in [6.07, 6.45) is 6.57. The lowest BCUT2D eigenvalue weighted by atomic mass is 10.1. The zero-order valence-corrected chi connectivity index (χ0v) is 8.32. The fourth-order valence-corrected chi connectivity index (χ4v) is 1.26. The van der Waals surface area contributed by atoms with Crippen LogP contribution in [-0.4, -0.2) is 12.6 Å². The molecule has 0 heterocycles. The van der Waals surface area contributed by atoms with Crippen molar-refractivity contribution in [3.8, 4) is 0 Å². The van der Waals surface area contributed by atoms with Crippen LogP contribution in [0.1, 0.15) is 52.9 Å². The van der Waals surface area contributed by atoms with Gasteiger partial charge < -0.3 is 5.32 Å². The molecular formula is C10H23N. The van der Waals surface area contributed by atoms with Gasteiger partial charge in [-0.3, -0.25) is 0 Å². The summed E-state index contributed by atoms with van der Waals surface area (Å²) >= 11 is 0. The van der Waals surface area contributed by atoms with Crippen LogP contribution in [0, 0.1) is 0 Å². The van der Waals surface area contributed by atoms with Gasteiger partial charge in [-0.15, -0.1) is 0 Å². The normalized spacial score (nSPS) is 10.9. The number of rotatable bonds is 7. The van der Waals surface area contributed by atoms with E-state index in [9.17, 15) is 0 Å². The zero-order chi connectivity index (χ0) is 8.53. The van der Waals surface area contributed by atoms with Crippen LogP contribution in [0.5, 0.6) is 0 Å². The molecule has 0 aromatic carbocycles. The van der Waals surface area contributed by atoms with Crippen molar-refractivity contribution in [1.29, 1.82) is 0 Å². The highest BCUT2D eigenvalue weighted by molar-refractivity contribution is 4.61. The summed E-state index contributed by atoms with van der Waals surface area (Å²) in [5.41, 5.74) is 0. The van der Waals surface area contributed by atoms with Gasteiger partial charge in [0, 0.05) is 6.04 Å². The van der Waals surface area contributed by atoms with Crippen molar-refractivity contribution in [3.63, 3.8) is 0 Å². The number of nitrogens with one attached hydrogen (secondary N) is 1. The molecule has 11 heavy (non-hydrogen) atoms. The minimum Gasteiger partial charge on any atom is -0.314 e. The van der Waals surface area contributed by atoms with E-state index in [1.165, 1.54) is 38.6 Å². The van der Waals surface area contributed by atoms with E-state index in [4.69, 9.17) is 0 Å². The molecule has 68 valence electrons. The van der Waals surface area contributed by atoms with Gasteiger partial charge in [0.05, 0.1) is 0 Å². The van der Waals surface area contributed by atoms with E-state index in [0.717, 1.165) is 6.04 Å². The van der Waals surface area contributed by atoms with Gasteiger partial charge in [-0.2, -0.15) is 0 Å². The Bertz CT molecular complexity index is 67.3. The van der Waals surface area contributed by atoms with Gasteiger partial charge >= 0.3 is 0 Å². The Morgan fingerprint density at radius 3 is 2.09 bits per heavy atom. The minimum absolute atomic E-state index is 0.756. The third kappa shape index (κ3) is 6.36. The summed E-state index contributed by atoms with van der Waals surface area (Å²) in [7, 11) is 0. The molecule has 0 aromatic rings. The van der Waals surface area contributed by atoms with Crippen LogP contribution in [-0.2, 0) is 0 Å². The van der Waals surface area contributed by atoms with Gasteiger partial charge in [-0.25, -0.2) is 0 Å². The van der Waals surface area contributed by atoms with Crippen LogP contribution in [0.3, 0.4) is 0 Å². The Labute approximate surface area is 71.6 Å². The quantitative estimate of drug-likeness (QED) is 0.560. The molecule has 0 spiro atoms. The summed E-state index contributed by atoms with van der Waals surface area (Å²) in [6.45, 7) is 7.96. The molecule has 0 saturated carbocycles. The fourth-order valence-electron chi connectivity index (χ4n) is 1.26. The number of unbranched alkanes of at least 4 members (excludes halogenated alkanes) is 2. The molecule has 0 aliphatic carbocycles. The van der Waals surface area contributed by atoms with Crippen molar-refractivity contribution >= 4 is 0 Å². The van der Waals surface area contributed by atoms with Gasteiger partial charge in [0.2, 0.25) is 0 Å². The molecule has 0 radical (unpaired) electrons. The molecule has 0 unspecified atom stereocenters. The largest absolute Gasteiger partial charge is 0.314 e. The molecule has 1 N–H and O–H groups in total. The Balaban J connectivity index is 3.07. The maximum atomic E-state index is 3.55. The van der Waals surface area contributed by atoms with Crippen LogP contribution in [0.15, 0.2) is 0 Å². The van der Waals surface area contributed by atoms with Crippen LogP contribution in [0.2, 0.25) is 0 Å². The molecular weight excluding hydrogens is 134 g/mol. The average Bonchev–Trinajstić information content (AvgIpc) is 2.05. The zero-order valence-electron chi connectivity index (χ0n) is 8.32. The van der Waals surface area contributed by atoms with E-state index >= 15 is 0 Å². The molecule has 0 bridgehead atoms. The molecule has 0 aliphatic heterocycles. The van der Waals surface area contributed by atoms with Crippen LogP contribution in [0.4, 0.5) is 0 Å². The van der Waals surface area contributed by atoms with E-state index in [1.54, 1.807) is 0 Å². The van der Waals surface area contributed by atoms with Crippen LogP contribution >= 0.6 is 0 Å². The highest BCUT2D eigenvalue weighted by Gasteiger charge is 1.99. The monoisotopic (exact) mass is 157 g/mol. The summed E-state index contributed by atoms with van der Waals surface area (Å²) in [4.78, 5) is 0. The molecule has 0 rings (SSSR count). The molecule has 0 amide bonds. The summed E-state index contributed by atoms with van der Waals surface area (Å²) in [5, 5.41) is 3.55. The number of hydrogen-bond acceptors (Lipinski definition) is 1. The highest BCUT2D eigenvalue weighted by atomic mass is 14.9. The molecule has 1 heteroatoms. The standard InChI is InChI=1S/C10H23N/c1-4-7-8-9-11-10(5-2)6-3/h10-11H,4-9H2,1-3H3. The summed E-state index contributed by atoms with van der Waals surface area (Å²) < 4.78 is 0. The Kier molecular flexibility index (Phi) is 8.03. The van der Waals surface area contributed by atoms with Crippen molar-refractivity contribution in [2.45, 2.75) is 58.9 Å². The molecule has 0 aliphatic rings. The predicted molar refractivity (Wildman–Crippen MR) is 51.9 cm³/mol. The van der Waals surface area contributed by atoms with Gasteiger partial charge in [0.15, 0.2) is 0 Å². The predicted octanol–water partition coefficient (Wildman–Crippen LogP) is 2.95. The highest BCUT2D eigenvalue weighted by Crippen LogP contribution is 1.97. The first-order valence-corrected chi connectivity index (χ1v) is 5.08. The fraction of sp³-hybridized carbons (Fsp3) is 1.00. The van der Waals surface area contributed by atoms with Gasteiger partial charge in [-0.05, 0) is 25.8 Å². The first kappa shape index (κ1) is 11.0. The second kappa shape index (κ2) is 8.06. The smallest absolute Gasteiger partial charge is 0.00618 e. The first-order chi connectivity index (χ1) is 5.35. The molecule has 0 fully saturated rings. The van der Waals surface area contributed by atoms with E-state index in [2.05, 4.69) is 26.1 Å². The third-order valence-corrected chi connectivity index (χ3v) is 2.20. The van der Waals surface area contributed by atoms with Crippen LogP contribution < -0.4 is 5.32 Å². The molecule has 0 aromatic heterocycles. The van der Waals surface area contributed by atoms with Crippen molar-refractivity contribution in [1.82, 2.24) is 5.32 Å². The van der Waals surface area contributed by atoms with E-state index in [-0.39, 0.29) is 0 Å². The molecule has 1 nitrogen and oxygen atoms in total. The van der Waals surface area contributed by atoms with Crippen molar-refractivity contribution in [3.05, 3.63) is 0 Å². The summed E-state index contributed by atoms with van der Waals surface area (Å²) in [6, 6.07) is 0.756. The van der Waals surface area contributed by atoms with Crippen molar-refractivity contribution < 1.29 is 0 Å². The topological polar surface area (TPSA) is 12.0 Å². The maximum Gasteiger partial charge on any atom is 0.00618 e. The average molecular weight is 157 g/mol. The Morgan fingerprint density at radius 1 is 1.00 bits per heavy atom. The first-order valence-electron chi connectivity index (χ1n) is 5.08. The molecule has 0 atom stereocenters.